The SMILES string of the molecule is Cc1nc2ccc(S(=O)(=O)N(CC(=O)N3CCc4ccccc43)Cc3ccccc3)cc2s1. The molecule has 1 aromatic heterocycles. The quantitative estimate of drug-likeness (QED) is 0.413. The van der Waals surface area contributed by atoms with Crippen LogP contribution in [0.2, 0.25) is 0 Å². The van der Waals surface area contributed by atoms with Crippen molar-refractivity contribution in [2.24, 2.45) is 0 Å². The molecule has 1 amide bonds. The molecule has 3 aromatic carbocycles. The van der Waals surface area contributed by atoms with Gasteiger partial charge in [0.1, 0.15) is 0 Å². The second-order valence-electron chi connectivity index (χ2n) is 8.05. The van der Waals surface area contributed by atoms with Gasteiger partial charge in [-0.25, -0.2) is 13.4 Å². The molecule has 8 heteroatoms. The Morgan fingerprint density at radius 1 is 1.06 bits per heavy atom. The molecule has 0 bridgehead atoms. The summed E-state index contributed by atoms with van der Waals surface area (Å²) in [5, 5.41) is 0.878. The fraction of sp³-hybridized carbons (Fsp3) is 0.200. The molecule has 168 valence electrons. The molecular weight excluding hydrogens is 454 g/mol. The third-order valence-electron chi connectivity index (χ3n) is 5.81. The smallest absolute Gasteiger partial charge is 0.243 e. The molecule has 0 atom stereocenters. The Morgan fingerprint density at radius 2 is 1.82 bits per heavy atom. The highest BCUT2D eigenvalue weighted by Gasteiger charge is 2.31. The molecule has 5 rings (SSSR count). The number of aryl methyl sites for hydroxylation is 1. The van der Waals surface area contributed by atoms with Crippen LogP contribution in [0.25, 0.3) is 10.2 Å². The highest BCUT2D eigenvalue weighted by Crippen LogP contribution is 2.29. The summed E-state index contributed by atoms with van der Waals surface area (Å²) >= 11 is 1.46. The van der Waals surface area contributed by atoms with Crippen molar-refractivity contribution < 1.29 is 13.2 Å². The van der Waals surface area contributed by atoms with Crippen molar-refractivity contribution in [3.63, 3.8) is 0 Å². The molecular formula is C25H23N3O3S2. The van der Waals surface area contributed by atoms with Gasteiger partial charge in [0.2, 0.25) is 15.9 Å². The van der Waals surface area contributed by atoms with Crippen molar-refractivity contribution in [2.75, 3.05) is 18.0 Å². The van der Waals surface area contributed by atoms with Crippen LogP contribution >= 0.6 is 11.3 Å². The van der Waals surface area contributed by atoms with Gasteiger partial charge < -0.3 is 4.90 Å². The summed E-state index contributed by atoms with van der Waals surface area (Å²) in [5.74, 6) is -0.228. The molecule has 4 aromatic rings. The monoisotopic (exact) mass is 477 g/mol. The van der Waals surface area contributed by atoms with Crippen LogP contribution in [0.5, 0.6) is 0 Å². The van der Waals surface area contributed by atoms with Crippen molar-refractivity contribution in [3.05, 3.63) is 88.9 Å². The van der Waals surface area contributed by atoms with E-state index >= 15 is 0 Å². The zero-order valence-corrected chi connectivity index (χ0v) is 19.8. The Bertz CT molecular complexity index is 1430. The normalized spacial score (nSPS) is 13.6. The molecule has 2 heterocycles. The lowest BCUT2D eigenvalue weighted by molar-refractivity contribution is -0.118. The fourth-order valence-electron chi connectivity index (χ4n) is 4.18. The van der Waals surface area contributed by atoms with E-state index in [1.807, 2.05) is 61.5 Å². The number of anilines is 1. The number of sulfonamides is 1. The lowest BCUT2D eigenvalue weighted by Gasteiger charge is -2.25. The Balaban J connectivity index is 1.49. The Labute approximate surface area is 197 Å². The number of nitrogens with zero attached hydrogens (tertiary/aromatic N) is 3. The number of rotatable bonds is 6. The molecule has 6 nitrogen and oxygen atoms in total. The molecule has 0 aliphatic carbocycles. The molecule has 0 spiro atoms. The first-order chi connectivity index (χ1) is 15.9. The summed E-state index contributed by atoms with van der Waals surface area (Å²) in [6.45, 7) is 2.34. The highest BCUT2D eigenvalue weighted by atomic mass is 32.2. The van der Waals surface area contributed by atoms with Gasteiger partial charge in [-0.3, -0.25) is 4.79 Å². The number of hydrogen-bond acceptors (Lipinski definition) is 5. The maximum atomic E-state index is 13.7. The van der Waals surface area contributed by atoms with Crippen LogP contribution in [0.3, 0.4) is 0 Å². The molecule has 1 aliphatic rings. The van der Waals surface area contributed by atoms with E-state index in [1.54, 1.807) is 23.1 Å². The third kappa shape index (κ3) is 4.29. The third-order valence-corrected chi connectivity index (χ3v) is 8.53. The number of carbonyl (C=O) groups is 1. The average molecular weight is 478 g/mol. The second-order valence-corrected chi connectivity index (χ2v) is 11.2. The number of aromatic nitrogens is 1. The van der Waals surface area contributed by atoms with Gasteiger partial charge in [0, 0.05) is 18.8 Å². The second kappa shape index (κ2) is 8.70. The molecule has 0 N–H and O–H groups in total. The van der Waals surface area contributed by atoms with Crippen LogP contribution in [-0.2, 0) is 27.8 Å². The minimum Gasteiger partial charge on any atom is -0.311 e. The van der Waals surface area contributed by atoms with Crippen molar-refractivity contribution in [3.8, 4) is 0 Å². The summed E-state index contributed by atoms with van der Waals surface area (Å²) in [7, 11) is -3.92. The van der Waals surface area contributed by atoms with Crippen molar-refractivity contribution >= 4 is 43.2 Å². The molecule has 0 unspecified atom stereocenters. The first kappa shape index (κ1) is 21.8. The number of carbonyl (C=O) groups excluding carboxylic acids is 1. The maximum absolute atomic E-state index is 13.7. The minimum atomic E-state index is -3.92. The number of hydrogen-bond donors (Lipinski definition) is 0. The van der Waals surface area contributed by atoms with Crippen LogP contribution < -0.4 is 4.90 Å². The van der Waals surface area contributed by atoms with E-state index in [0.717, 1.165) is 38.5 Å². The van der Waals surface area contributed by atoms with E-state index in [-0.39, 0.29) is 23.9 Å². The van der Waals surface area contributed by atoms with Crippen LogP contribution in [0.15, 0.2) is 77.7 Å². The Morgan fingerprint density at radius 3 is 2.64 bits per heavy atom. The van der Waals surface area contributed by atoms with E-state index in [4.69, 9.17) is 0 Å². The zero-order chi connectivity index (χ0) is 23.0. The van der Waals surface area contributed by atoms with E-state index < -0.39 is 10.0 Å². The fourth-order valence-corrected chi connectivity index (χ4v) is 6.52. The molecule has 0 fully saturated rings. The summed E-state index contributed by atoms with van der Waals surface area (Å²) < 4.78 is 29.5. The number of para-hydroxylation sites is 1. The lowest BCUT2D eigenvalue weighted by Crippen LogP contribution is -2.42. The number of benzene rings is 3. The lowest BCUT2D eigenvalue weighted by atomic mass is 10.2. The molecule has 1 aliphatic heterocycles. The first-order valence-corrected chi connectivity index (χ1v) is 13.0. The molecule has 0 radical (unpaired) electrons. The first-order valence-electron chi connectivity index (χ1n) is 10.7. The average Bonchev–Trinajstić information content (AvgIpc) is 3.41. The standard InChI is InChI=1S/C25H23N3O3S2/c1-18-26-22-12-11-21(15-24(22)32-18)33(30,31)27(16-19-7-3-2-4-8-19)17-25(29)28-14-13-20-9-5-6-10-23(20)28/h2-12,15H,13-14,16-17H2,1H3. The summed E-state index contributed by atoms with van der Waals surface area (Å²) in [6.07, 6.45) is 0.773. The Hall–Kier alpha value is -3.07. The van der Waals surface area contributed by atoms with Crippen LogP contribution in [0, 0.1) is 6.92 Å². The summed E-state index contributed by atoms with van der Waals surface area (Å²) in [4.78, 5) is 19.6. The van der Waals surface area contributed by atoms with Gasteiger partial charge in [-0.1, -0.05) is 48.5 Å². The van der Waals surface area contributed by atoms with E-state index in [1.165, 1.54) is 15.6 Å². The molecule has 33 heavy (non-hydrogen) atoms. The number of fused-ring (bicyclic) bond motifs is 2. The predicted molar refractivity (Wildman–Crippen MR) is 131 cm³/mol. The molecule has 0 saturated heterocycles. The van der Waals surface area contributed by atoms with Crippen molar-refractivity contribution in [2.45, 2.75) is 24.8 Å². The van der Waals surface area contributed by atoms with Crippen molar-refractivity contribution in [1.82, 2.24) is 9.29 Å². The topological polar surface area (TPSA) is 70.6 Å². The van der Waals surface area contributed by atoms with Gasteiger partial charge in [-0.05, 0) is 48.7 Å². The van der Waals surface area contributed by atoms with Gasteiger partial charge in [0.25, 0.3) is 0 Å². The van der Waals surface area contributed by atoms with Crippen LogP contribution in [0.4, 0.5) is 5.69 Å². The van der Waals surface area contributed by atoms with E-state index in [0.29, 0.717) is 6.54 Å². The highest BCUT2D eigenvalue weighted by molar-refractivity contribution is 7.89. The van der Waals surface area contributed by atoms with Gasteiger partial charge in [0.05, 0.1) is 26.7 Å². The minimum absolute atomic E-state index is 0.115. The van der Waals surface area contributed by atoms with Gasteiger partial charge in [-0.2, -0.15) is 4.31 Å². The zero-order valence-electron chi connectivity index (χ0n) is 18.1. The largest absolute Gasteiger partial charge is 0.311 e. The van der Waals surface area contributed by atoms with Crippen LogP contribution in [0.1, 0.15) is 16.1 Å². The number of thiazole rings is 1. The maximum Gasteiger partial charge on any atom is 0.243 e. The van der Waals surface area contributed by atoms with Gasteiger partial charge >= 0.3 is 0 Å². The van der Waals surface area contributed by atoms with E-state index in [2.05, 4.69) is 4.98 Å². The van der Waals surface area contributed by atoms with Crippen LogP contribution in [-0.4, -0.2) is 36.7 Å². The van der Waals surface area contributed by atoms with E-state index in [9.17, 15) is 13.2 Å². The summed E-state index contributed by atoms with van der Waals surface area (Å²) in [6, 6.07) is 22.1. The summed E-state index contributed by atoms with van der Waals surface area (Å²) in [5.41, 5.74) is 3.57. The van der Waals surface area contributed by atoms with Crippen molar-refractivity contribution in [1.29, 1.82) is 0 Å². The van der Waals surface area contributed by atoms with Gasteiger partial charge in [-0.15, -0.1) is 11.3 Å². The predicted octanol–water partition coefficient (Wildman–Crippen LogP) is 4.38. The van der Waals surface area contributed by atoms with Gasteiger partial charge in [0.15, 0.2) is 0 Å². The molecule has 0 saturated carbocycles. The Kier molecular flexibility index (Phi) is 5.74. The number of amides is 1.